The number of nitrogens with two attached hydrogens (primary N) is 2. The molecule has 0 aliphatic heterocycles. The van der Waals surface area contributed by atoms with Gasteiger partial charge in [-0.15, -0.1) is 0 Å². The molecule has 1 rings (SSSR count). The molecular weight excluding hydrogens is 190 g/mol. The van der Waals surface area contributed by atoms with Crippen molar-refractivity contribution in [3.63, 3.8) is 0 Å². The molecular formula is C7H12ClN5. The topological polar surface area (TPSA) is 89.8 Å². The van der Waals surface area contributed by atoms with Crippen molar-refractivity contribution in [2.45, 2.75) is 6.04 Å². The highest BCUT2D eigenvalue weighted by Gasteiger charge is 2.04. The predicted octanol–water partition coefficient (Wildman–Crippen LogP) is -0.172. The van der Waals surface area contributed by atoms with Crippen LogP contribution in [0.25, 0.3) is 0 Å². The summed E-state index contributed by atoms with van der Waals surface area (Å²) in [5.41, 5.74) is 10.9. The highest BCUT2D eigenvalue weighted by molar-refractivity contribution is 6.29. The van der Waals surface area contributed by atoms with E-state index < -0.39 is 0 Å². The fraction of sp³-hybridized carbons (Fsp3) is 0.429. The Balaban J connectivity index is 2.62. The molecule has 6 heteroatoms. The quantitative estimate of drug-likeness (QED) is 0.629. The molecule has 0 radical (unpaired) electrons. The molecule has 0 saturated heterocycles. The number of aromatic nitrogens is 2. The Bertz CT molecular complexity index is 263. The number of hydrogen-bond donors (Lipinski definition) is 3. The van der Waals surface area contributed by atoms with Crippen molar-refractivity contribution in [3.05, 3.63) is 17.5 Å². The first kappa shape index (κ1) is 10.2. The molecule has 13 heavy (non-hydrogen) atoms. The van der Waals surface area contributed by atoms with Gasteiger partial charge >= 0.3 is 0 Å². The van der Waals surface area contributed by atoms with Crippen LogP contribution in [0.5, 0.6) is 0 Å². The van der Waals surface area contributed by atoms with Gasteiger partial charge in [-0.25, -0.2) is 4.98 Å². The van der Waals surface area contributed by atoms with Crippen LogP contribution in [0.1, 0.15) is 0 Å². The SMILES string of the molecule is NCC(CN)Nc1cncc(Cl)n1. The smallest absolute Gasteiger partial charge is 0.149 e. The molecule has 5 nitrogen and oxygen atoms in total. The van der Waals surface area contributed by atoms with Gasteiger partial charge in [0.25, 0.3) is 0 Å². The Morgan fingerprint density at radius 3 is 2.62 bits per heavy atom. The molecule has 1 heterocycles. The third kappa shape index (κ3) is 3.14. The summed E-state index contributed by atoms with van der Waals surface area (Å²) in [7, 11) is 0. The first-order valence-electron chi connectivity index (χ1n) is 3.90. The lowest BCUT2D eigenvalue weighted by Gasteiger charge is -2.14. The average Bonchev–Trinajstić information content (AvgIpc) is 2.14. The molecule has 0 aliphatic carbocycles. The van der Waals surface area contributed by atoms with Gasteiger partial charge in [-0.1, -0.05) is 11.6 Å². The Kier molecular flexibility index (Phi) is 3.88. The number of rotatable bonds is 4. The van der Waals surface area contributed by atoms with Crippen molar-refractivity contribution < 1.29 is 0 Å². The number of hydrogen-bond acceptors (Lipinski definition) is 5. The van der Waals surface area contributed by atoms with Crippen LogP contribution in [0.4, 0.5) is 5.82 Å². The van der Waals surface area contributed by atoms with Crippen LogP contribution in [-0.2, 0) is 0 Å². The van der Waals surface area contributed by atoms with Gasteiger partial charge in [-0.2, -0.15) is 0 Å². The Labute approximate surface area is 81.5 Å². The van der Waals surface area contributed by atoms with E-state index >= 15 is 0 Å². The van der Waals surface area contributed by atoms with Gasteiger partial charge in [0.1, 0.15) is 11.0 Å². The molecule has 0 fully saturated rings. The van der Waals surface area contributed by atoms with Crippen LogP contribution in [0.3, 0.4) is 0 Å². The highest BCUT2D eigenvalue weighted by Crippen LogP contribution is 2.07. The fourth-order valence-electron chi connectivity index (χ4n) is 0.835. The lowest BCUT2D eigenvalue weighted by molar-refractivity contribution is 0.732. The minimum absolute atomic E-state index is 0.00719. The van der Waals surface area contributed by atoms with Crippen molar-refractivity contribution in [1.82, 2.24) is 9.97 Å². The Morgan fingerprint density at radius 2 is 2.08 bits per heavy atom. The van der Waals surface area contributed by atoms with Crippen molar-refractivity contribution in [2.24, 2.45) is 11.5 Å². The van der Waals surface area contributed by atoms with E-state index in [0.29, 0.717) is 24.1 Å². The van der Waals surface area contributed by atoms with Crippen LogP contribution in [0, 0.1) is 0 Å². The maximum absolute atomic E-state index is 5.64. The van der Waals surface area contributed by atoms with Crippen molar-refractivity contribution >= 4 is 17.4 Å². The molecule has 1 aromatic rings. The number of nitrogens with zero attached hydrogens (tertiary/aromatic N) is 2. The molecule has 0 saturated carbocycles. The van der Waals surface area contributed by atoms with E-state index in [0.717, 1.165) is 0 Å². The van der Waals surface area contributed by atoms with Gasteiger partial charge in [-0.3, -0.25) is 4.98 Å². The first-order chi connectivity index (χ1) is 6.26. The first-order valence-corrected chi connectivity index (χ1v) is 4.28. The lowest BCUT2D eigenvalue weighted by Crippen LogP contribution is -2.36. The largest absolute Gasteiger partial charge is 0.363 e. The number of nitrogens with one attached hydrogen (secondary N) is 1. The monoisotopic (exact) mass is 201 g/mol. The summed E-state index contributed by atoms with van der Waals surface area (Å²) >= 11 is 5.64. The Morgan fingerprint density at radius 1 is 1.38 bits per heavy atom. The van der Waals surface area contributed by atoms with Gasteiger partial charge in [0.15, 0.2) is 0 Å². The molecule has 0 amide bonds. The molecule has 5 N–H and O–H groups in total. The predicted molar refractivity (Wildman–Crippen MR) is 52.6 cm³/mol. The maximum atomic E-state index is 5.64. The van der Waals surface area contributed by atoms with Crippen LogP contribution >= 0.6 is 11.6 Å². The summed E-state index contributed by atoms with van der Waals surface area (Å²) in [6.45, 7) is 0.898. The molecule has 0 unspecified atom stereocenters. The highest BCUT2D eigenvalue weighted by atomic mass is 35.5. The molecule has 0 aromatic carbocycles. The van der Waals surface area contributed by atoms with Gasteiger partial charge < -0.3 is 16.8 Å². The van der Waals surface area contributed by atoms with Crippen LogP contribution in [0.15, 0.2) is 12.4 Å². The second-order valence-corrected chi connectivity index (χ2v) is 2.93. The van der Waals surface area contributed by atoms with Gasteiger partial charge in [0.2, 0.25) is 0 Å². The average molecular weight is 202 g/mol. The van der Waals surface area contributed by atoms with Crippen LogP contribution in [-0.4, -0.2) is 29.1 Å². The standard InChI is InChI=1S/C7H12ClN5/c8-6-3-11-4-7(13-6)12-5(1-9)2-10/h3-5H,1-2,9-10H2,(H,12,13). The summed E-state index contributed by atoms with van der Waals surface area (Å²) in [5, 5.41) is 3.36. The molecule has 0 bridgehead atoms. The van der Waals surface area contributed by atoms with E-state index in [1.54, 1.807) is 6.20 Å². The minimum Gasteiger partial charge on any atom is -0.363 e. The summed E-state index contributed by atoms with van der Waals surface area (Å²) < 4.78 is 0. The summed E-state index contributed by atoms with van der Waals surface area (Å²) in [6.07, 6.45) is 3.04. The maximum Gasteiger partial charge on any atom is 0.149 e. The summed E-state index contributed by atoms with van der Waals surface area (Å²) in [6, 6.07) is 0.00719. The van der Waals surface area contributed by atoms with E-state index in [-0.39, 0.29) is 6.04 Å². The van der Waals surface area contributed by atoms with Crippen molar-refractivity contribution in [1.29, 1.82) is 0 Å². The van der Waals surface area contributed by atoms with E-state index in [1.165, 1.54) is 6.20 Å². The molecule has 0 spiro atoms. The molecule has 0 atom stereocenters. The zero-order chi connectivity index (χ0) is 9.68. The van der Waals surface area contributed by atoms with E-state index in [4.69, 9.17) is 23.1 Å². The summed E-state index contributed by atoms with van der Waals surface area (Å²) in [5.74, 6) is 0.591. The van der Waals surface area contributed by atoms with E-state index in [2.05, 4.69) is 15.3 Å². The molecule has 72 valence electrons. The van der Waals surface area contributed by atoms with Crippen LogP contribution in [0.2, 0.25) is 5.15 Å². The third-order valence-corrected chi connectivity index (χ3v) is 1.71. The zero-order valence-electron chi connectivity index (χ0n) is 7.07. The third-order valence-electron chi connectivity index (χ3n) is 1.53. The molecule has 1 aromatic heterocycles. The second-order valence-electron chi connectivity index (χ2n) is 2.54. The minimum atomic E-state index is 0.00719. The second kappa shape index (κ2) is 4.96. The van der Waals surface area contributed by atoms with Gasteiger partial charge in [0.05, 0.1) is 18.4 Å². The van der Waals surface area contributed by atoms with Crippen LogP contribution < -0.4 is 16.8 Å². The van der Waals surface area contributed by atoms with E-state index in [9.17, 15) is 0 Å². The summed E-state index contributed by atoms with van der Waals surface area (Å²) in [4.78, 5) is 7.86. The fourth-order valence-corrected chi connectivity index (χ4v) is 0.982. The Hall–Kier alpha value is -0.910. The number of halogens is 1. The normalized spacial score (nSPS) is 10.5. The lowest BCUT2D eigenvalue weighted by atomic mass is 10.3. The zero-order valence-corrected chi connectivity index (χ0v) is 7.83. The van der Waals surface area contributed by atoms with Gasteiger partial charge in [-0.05, 0) is 0 Å². The molecule has 0 aliphatic rings. The number of anilines is 1. The van der Waals surface area contributed by atoms with Crippen molar-refractivity contribution in [2.75, 3.05) is 18.4 Å². The van der Waals surface area contributed by atoms with Crippen molar-refractivity contribution in [3.8, 4) is 0 Å². The van der Waals surface area contributed by atoms with E-state index in [1.807, 2.05) is 0 Å². The van der Waals surface area contributed by atoms with Gasteiger partial charge in [0, 0.05) is 13.1 Å².